The number of pyridine rings is 1. The summed E-state index contributed by atoms with van der Waals surface area (Å²) in [6.07, 6.45) is 1.94. The van der Waals surface area contributed by atoms with Gasteiger partial charge in [0.2, 0.25) is 5.88 Å². The number of aryl methyl sites for hydroxylation is 1. The van der Waals surface area contributed by atoms with Gasteiger partial charge in [0.05, 0.1) is 26.9 Å². The fourth-order valence-electron chi connectivity index (χ4n) is 4.60. The van der Waals surface area contributed by atoms with Gasteiger partial charge < -0.3 is 19.1 Å². The Morgan fingerprint density at radius 1 is 1.02 bits per heavy atom. The molecule has 0 bridgehead atoms. The molecule has 2 aromatic heterocycles. The van der Waals surface area contributed by atoms with E-state index in [2.05, 4.69) is 10.1 Å². The lowest BCUT2D eigenvalue weighted by molar-refractivity contribution is 0.0695. The molecule has 0 spiro atoms. The smallest absolute Gasteiger partial charge is 0.337 e. The largest absolute Gasteiger partial charge is 0.486 e. The van der Waals surface area contributed by atoms with E-state index in [1.807, 2.05) is 0 Å². The number of benzene rings is 3. The number of hydrogen-bond acceptors (Lipinski definition) is 6. The molecule has 0 amide bonds. The van der Waals surface area contributed by atoms with Crippen LogP contribution >= 0.6 is 23.2 Å². The van der Waals surface area contributed by atoms with E-state index in [4.69, 9.17) is 37.2 Å². The number of fused-ring (bicyclic) bond motifs is 1. The Morgan fingerprint density at radius 2 is 1.77 bits per heavy atom. The Morgan fingerprint density at radius 3 is 2.48 bits per heavy atom. The number of hydrogen-bond donors (Lipinski definition) is 1. The third-order valence-corrected chi connectivity index (χ3v) is 7.39. The van der Waals surface area contributed by atoms with E-state index in [9.17, 15) is 9.90 Å². The average Bonchev–Trinajstić information content (AvgIpc) is 3.69. The maximum absolute atomic E-state index is 15.7. The van der Waals surface area contributed by atoms with Crippen LogP contribution in [0.1, 0.15) is 46.1 Å². The van der Waals surface area contributed by atoms with Crippen LogP contribution in [0.2, 0.25) is 10.0 Å². The van der Waals surface area contributed by atoms with Gasteiger partial charge in [-0.05, 0) is 56.2 Å². The number of nitrogens with zero attached hydrogens (tertiary/aromatic N) is 2. The minimum Gasteiger partial charge on any atom is -0.486 e. The Balaban J connectivity index is 1.30. The van der Waals surface area contributed by atoms with Crippen molar-refractivity contribution in [3.63, 3.8) is 0 Å². The van der Waals surface area contributed by atoms with Gasteiger partial charge in [-0.25, -0.2) is 14.2 Å². The number of carbonyl (C=O) groups is 1. The third kappa shape index (κ3) is 4.85. The normalized spacial score (nSPS) is 13.0. The molecule has 2 heterocycles. The molecule has 0 aliphatic heterocycles. The summed E-state index contributed by atoms with van der Waals surface area (Å²) < 4.78 is 33.3. The molecule has 3 aromatic carbocycles. The first kappa shape index (κ1) is 26.1. The van der Waals surface area contributed by atoms with Crippen molar-refractivity contribution in [1.29, 1.82) is 0 Å². The summed E-state index contributed by atoms with van der Waals surface area (Å²) in [5.41, 5.74) is 2.09. The predicted octanol–water partition coefficient (Wildman–Crippen LogP) is 8.59. The summed E-state index contributed by atoms with van der Waals surface area (Å²) in [5, 5.41) is 15.1. The third-order valence-electron chi connectivity index (χ3n) is 6.76. The molecule has 7 nitrogen and oxygen atoms in total. The highest BCUT2D eigenvalue weighted by Gasteiger charge is 2.34. The van der Waals surface area contributed by atoms with E-state index in [1.165, 1.54) is 18.2 Å². The van der Waals surface area contributed by atoms with Crippen LogP contribution in [0.3, 0.4) is 0 Å². The molecule has 0 unspecified atom stereocenters. The summed E-state index contributed by atoms with van der Waals surface area (Å²) in [7, 11) is 0. The summed E-state index contributed by atoms with van der Waals surface area (Å²) in [4.78, 5) is 15.5. The van der Waals surface area contributed by atoms with Crippen LogP contribution < -0.4 is 9.47 Å². The molecule has 1 fully saturated rings. The van der Waals surface area contributed by atoms with Crippen LogP contribution in [0.15, 0.2) is 65.2 Å². The van der Waals surface area contributed by atoms with E-state index in [0.29, 0.717) is 49.5 Å². The first-order valence-electron chi connectivity index (χ1n) is 12.5. The van der Waals surface area contributed by atoms with Gasteiger partial charge in [0.1, 0.15) is 23.8 Å². The highest BCUT2D eigenvalue weighted by atomic mass is 35.5. The van der Waals surface area contributed by atoms with Crippen molar-refractivity contribution in [2.24, 2.45) is 0 Å². The maximum atomic E-state index is 15.7. The van der Waals surface area contributed by atoms with E-state index in [0.717, 1.165) is 12.8 Å². The summed E-state index contributed by atoms with van der Waals surface area (Å²) in [6.45, 7) is 1.59. The number of carboxylic acid groups (broad SMARTS) is 1. The first-order valence-corrected chi connectivity index (χ1v) is 13.2. The standard InChI is InChI=1S/C30H21Cl2FN2O5/c1-15-17(30(36)37)11-13-25(34-15)39-23-7-2-4-19-18(23)10-12-24(27(19)33)38-14-20-28(35-40-29(20)16-8-9-16)26-21(31)5-3-6-22(26)32/h2-7,10-13,16H,8-9,14H2,1H3,(H,36,37). The van der Waals surface area contributed by atoms with Gasteiger partial charge in [-0.1, -0.05) is 46.6 Å². The molecule has 1 N–H and O–H groups in total. The van der Waals surface area contributed by atoms with Gasteiger partial charge in [0, 0.05) is 28.3 Å². The van der Waals surface area contributed by atoms with E-state index < -0.39 is 11.8 Å². The highest BCUT2D eigenvalue weighted by molar-refractivity contribution is 6.39. The van der Waals surface area contributed by atoms with Crippen molar-refractivity contribution in [2.45, 2.75) is 32.3 Å². The number of halogens is 3. The second-order valence-corrected chi connectivity index (χ2v) is 10.3. The van der Waals surface area contributed by atoms with E-state index >= 15 is 4.39 Å². The summed E-state index contributed by atoms with van der Waals surface area (Å²) in [5.74, 6) is -0.110. The minimum absolute atomic E-state index is 0.00393. The van der Waals surface area contributed by atoms with Crippen molar-refractivity contribution in [2.75, 3.05) is 0 Å². The SMILES string of the molecule is Cc1nc(Oc2cccc3c(F)c(OCc4c(-c5c(Cl)cccc5Cl)noc4C4CC4)ccc23)ccc1C(=O)O. The van der Waals surface area contributed by atoms with Gasteiger partial charge >= 0.3 is 5.97 Å². The van der Waals surface area contributed by atoms with Crippen LogP contribution in [-0.2, 0) is 6.61 Å². The van der Waals surface area contributed by atoms with Crippen molar-refractivity contribution < 1.29 is 28.3 Å². The molecule has 0 atom stereocenters. The zero-order valence-corrected chi connectivity index (χ0v) is 22.6. The second kappa shape index (κ2) is 10.4. The molecule has 1 aliphatic carbocycles. The Hall–Kier alpha value is -4.14. The van der Waals surface area contributed by atoms with Gasteiger partial charge in [0.25, 0.3) is 0 Å². The molecular formula is C30H21Cl2FN2O5. The lowest BCUT2D eigenvalue weighted by atomic mass is 10.0. The minimum atomic E-state index is -1.08. The van der Waals surface area contributed by atoms with Crippen LogP contribution in [0.5, 0.6) is 17.4 Å². The monoisotopic (exact) mass is 578 g/mol. The Labute approximate surface area is 238 Å². The first-order chi connectivity index (χ1) is 19.3. The van der Waals surface area contributed by atoms with Crippen LogP contribution in [0.4, 0.5) is 4.39 Å². The Kier molecular flexibility index (Phi) is 6.82. The highest BCUT2D eigenvalue weighted by Crippen LogP contribution is 2.46. The van der Waals surface area contributed by atoms with Crippen LogP contribution in [0.25, 0.3) is 22.0 Å². The molecule has 0 saturated heterocycles. The molecule has 1 aliphatic rings. The number of aromatic nitrogens is 2. The molecular weight excluding hydrogens is 558 g/mol. The molecule has 6 rings (SSSR count). The number of rotatable bonds is 8. The van der Waals surface area contributed by atoms with Crippen molar-refractivity contribution in [3.8, 4) is 28.6 Å². The van der Waals surface area contributed by atoms with Crippen molar-refractivity contribution in [3.05, 3.63) is 99.1 Å². The molecule has 40 heavy (non-hydrogen) atoms. The Bertz CT molecular complexity index is 1760. The average molecular weight is 579 g/mol. The van der Waals surface area contributed by atoms with Crippen molar-refractivity contribution in [1.82, 2.24) is 10.1 Å². The van der Waals surface area contributed by atoms with Gasteiger partial charge in [-0.2, -0.15) is 0 Å². The van der Waals surface area contributed by atoms with E-state index in [-0.39, 0.29) is 35.1 Å². The molecule has 10 heteroatoms. The lowest BCUT2D eigenvalue weighted by Gasteiger charge is -2.13. The predicted molar refractivity (Wildman–Crippen MR) is 148 cm³/mol. The van der Waals surface area contributed by atoms with Crippen molar-refractivity contribution >= 4 is 39.9 Å². The molecule has 5 aromatic rings. The van der Waals surface area contributed by atoms with Crippen LogP contribution in [-0.4, -0.2) is 21.2 Å². The second-order valence-electron chi connectivity index (χ2n) is 9.45. The van der Waals surface area contributed by atoms with Gasteiger partial charge in [-0.15, -0.1) is 0 Å². The fourth-order valence-corrected chi connectivity index (χ4v) is 5.18. The maximum Gasteiger partial charge on any atom is 0.337 e. The molecule has 202 valence electrons. The fraction of sp³-hybridized carbons (Fsp3) is 0.167. The summed E-state index contributed by atoms with van der Waals surface area (Å²) in [6, 6.07) is 16.3. The zero-order valence-electron chi connectivity index (χ0n) is 21.1. The number of carboxylic acids is 1. The lowest BCUT2D eigenvalue weighted by Crippen LogP contribution is -2.03. The molecule has 0 radical (unpaired) electrons. The van der Waals surface area contributed by atoms with E-state index in [1.54, 1.807) is 49.4 Å². The molecule has 1 saturated carbocycles. The number of aromatic carboxylic acids is 1. The quantitative estimate of drug-likeness (QED) is 0.197. The van der Waals surface area contributed by atoms with Gasteiger partial charge in [0.15, 0.2) is 11.6 Å². The topological polar surface area (TPSA) is 94.7 Å². The zero-order chi connectivity index (χ0) is 28.0. The summed E-state index contributed by atoms with van der Waals surface area (Å²) >= 11 is 12.9. The number of ether oxygens (including phenoxy) is 2. The van der Waals surface area contributed by atoms with Crippen LogP contribution in [0, 0.1) is 12.7 Å². The van der Waals surface area contributed by atoms with Gasteiger partial charge in [-0.3, -0.25) is 0 Å².